The third kappa shape index (κ3) is 1.84. The first-order chi connectivity index (χ1) is 8.24. The van der Waals surface area contributed by atoms with Crippen molar-refractivity contribution in [2.75, 3.05) is 18.0 Å². The molecule has 6 heteroatoms. The van der Waals surface area contributed by atoms with Crippen molar-refractivity contribution >= 4 is 11.6 Å². The summed E-state index contributed by atoms with van der Waals surface area (Å²) in [5.74, 6) is 1.64. The second-order valence-electron chi connectivity index (χ2n) is 4.45. The van der Waals surface area contributed by atoms with Crippen LogP contribution >= 0.6 is 0 Å². The Balaban J connectivity index is 2.01. The summed E-state index contributed by atoms with van der Waals surface area (Å²) in [4.78, 5) is 10.7. The number of rotatable bonds is 1. The van der Waals surface area contributed by atoms with Crippen LogP contribution in [0, 0.1) is 6.92 Å². The monoisotopic (exact) mass is 233 g/mol. The SMILES string of the molecule is Cc1cc(N2CCC(O)CC2)n2ncnc2n1. The first-order valence-corrected chi connectivity index (χ1v) is 5.84. The Kier molecular flexibility index (Phi) is 2.44. The lowest BCUT2D eigenvalue weighted by atomic mass is 10.1. The van der Waals surface area contributed by atoms with Gasteiger partial charge in [0, 0.05) is 24.8 Å². The van der Waals surface area contributed by atoms with Crippen LogP contribution in [-0.2, 0) is 0 Å². The summed E-state index contributed by atoms with van der Waals surface area (Å²) >= 11 is 0. The van der Waals surface area contributed by atoms with E-state index < -0.39 is 0 Å². The van der Waals surface area contributed by atoms with E-state index in [1.165, 1.54) is 6.33 Å². The zero-order valence-corrected chi connectivity index (χ0v) is 9.74. The van der Waals surface area contributed by atoms with Crippen molar-refractivity contribution in [3.63, 3.8) is 0 Å². The molecule has 2 aromatic rings. The number of hydrogen-bond acceptors (Lipinski definition) is 5. The summed E-state index contributed by atoms with van der Waals surface area (Å²) in [5.41, 5.74) is 0.937. The molecule has 0 amide bonds. The number of piperidine rings is 1. The van der Waals surface area contributed by atoms with Crippen molar-refractivity contribution in [3.05, 3.63) is 18.1 Å². The lowest BCUT2D eigenvalue weighted by Gasteiger charge is -2.31. The van der Waals surface area contributed by atoms with E-state index in [1.807, 2.05) is 13.0 Å². The van der Waals surface area contributed by atoms with Crippen molar-refractivity contribution in [1.82, 2.24) is 19.6 Å². The Bertz CT molecular complexity index is 530. The van der Waals surface area contributed by atoms with Gasteiger partial charge in [0.15, 0.2) is 0 Å². The molecule has 3 heterocycles. The van der Waals surface area contributed by atoms with Crippen molar-refractivity contribution < 1.29 is 5.11 Å². The highest BCUT2D eigenvalue weighted by Gasteiger charge is 2.20. The third-order valence-electron chi connectivity index (χ3n) is 3.15. The van der Waals surface area contributed by atoms with Gasteiger partial charge in [-0.3, -0.25) is 0 Å². The second-order valence-corrected chi connectivity index (χ2v) is 4.45. The van der Waals surface area contributed by atoms with Crippen molar-refractivity contribution in [2.24, 2.45) is 0 Å². The molecule has 0 radical (unpaired) electrons. The van der Waals surface area contributed by atoms with Crippen LogP contribution in [0.25, 0.3) is 5.78 Å². The highest BCUT2D eigenvalue weighted by molar-refractivity contribution is 5.47. The van der Waals surface area contributed by atoms with Crippen molar-refractivity contribution in [3.8, 4) is 0 Å². The van der Waals surface area contributed by atoms with Gasteiger partial charge < -0.3 is 10.0 Å². The lowest BCUT2D eigenvalue weighted by molar-refractivity contribution is 0.145. The fourth-order valence-corrected chi connectivity index (χ4v) is 2.23. The van der Waals surface area contributed by atoms with E-state index >= 15 is 0 Å². The minimum absolute atomic E-state index is 0.166. The molecule has 0 aliphatic carbocycles. The molecule has 17 heavy (non-hydrogen) atoms. The van der Waals surface area contributed by atoms with Gasteiger partial charge in [-0.25, -0.2) is 4.98 Å². The molecule has 0 bridgehead atoms. The molecule has 0 aromatic carbocycles. The summed E-state index contributed by atoms with van der Waals surface area (Å²) in [6.45, 7) is 3.65. The average molecular weight is 233 g/mol. The van der Waals surface area contributed by atoms with E-state index in [0.717, 1.165) is 37.4 Å². The first-order valence-electron chi connectivity index (χ1n) is 5.84. The van der Waals surface area contributed by atoms with Gasteiger partial charge in [0.05, 0.1) is 6.10 Å². The maximum atomic E-state index is 9.53. The Morgan fingerprint density at radius 3 is 2.88 bits per heavy atom. The predicted octanol–water partition coefficient (Wildman–Crippen LogP) is 0.394. The highest BCUT2D eigenvalue weighted by Crippen LogP contribution is 2.20. The number of aryl methyl sites for hydroxylation is 1. The summed E-state index contributed by atoms with van der Waals surface area (Å²) in [5, 5.41) is 13.7. The van der Waals surface area contributed by atoms with Gasteiger partial charge in [-0.2, -0.15) is 14.6 Å². The van der Waals surface area contributed by atoms with Crippen LogP contribution in [-0.4, -0.2) is 43.9 Å². The van der Waals surface area contributed by atoms with Crippen LogP contribution < -0.4 is 4.90 Å². The van der Waals surface area contributed by atoms with Crippen LogP contribution in [0.15, 0.2) is 12.4 Å². The predicted molar refractivity (Wildman–Crippen MR) is 63.0 cm³/mol. The Morgan fingerprint density at radius 1 is 1.35 bits per heavy atom. The Morgan fingerprint density at radius 2 is 2.12 bits per heavy atom. The molecule has 0 unspecified atom stereocenters. The standard InChI is InChI=1S/C11H15N5O/c1-8-6-10(15-4-2-9(17)3-5-15)16-11(14-8)12-7-13-16/h6-7,9,17H,2-5H2,1H3. The van der Waals surface area contributed by atoms with Gasteiger partial charge in [0.1, 0.15) is 12.1 Å². The van der Waals surface area contributed by atoms with Crippen molar-refractivity contribution in [2.45, 2.75) is 25.9 Å². The molecule has 1 saturated heterocycles. The molecule has 90 valence electrons. The molecule has 1 N–H and O–H groups in total. The molecule has 3 rings (SSSR count). The van der Waals surface area contributed by atoms with Gasteiger partial charge in [-0.05, 0) is 19.8 Å². The van der Waals surface area contributed by atoms with Gasteiger partial charge >= 0.3 is 0 Å². The summed E-state index contributed by atoms with van der Waals surface area (Å²) in [6.07, 6.45) is 2.96. The highest BCUT2D eigenvalue weighted by atomic mass is 16.3. The van der Waals surface area contributed by atoms with Crippen LogP contribution in [0.5, 0.6) is 0 Å². The molecule has 1 fully saturated rings. The number of aromatic nitrogens is 4. The minimum atomic E-state index is -0.166. The topological polar surface area (TPSA) is 66.5 Å². The molecule has 1 aliphatic rings. The van der Waals surface area contributed by atoms with Gasteiger partial charge in [0.25, 0.3) is 5.78 Å². The zero-order valence-electron chi connectivity index (χ0n) is 9.74. The summed E-state index contributed by atoms with van der Waals surface area (Å²) in [6, 6.07) is 2.01. The summed E-state index contributed by atoms with van der Waals surface area (Å²) < 4.78 is 1.75. The number of aliphatic hydroxyl groups is 1. The number of hydrogen-bond donors (Lipinski definition) is 1. The maximum absolute atomic E-state index is 9.53. The molecule has 0 atom stereocenters. The molecule has 0 saturated carbocycles. The molecule has 2 aromatic heterocycles. The molecule has 6 nitrogen and oxygen atoms in total. The van der Waals surface area contributed by atoms with Gasteiger partial charge in [-0.1, -0.05) is 0 Å². The lowest BCUT2D eigenvalue weighted by Crippen LogP contribution is -2.37. The number of aliphatic hydroxyl groups excluding tert-OH is 1. The van der Waals surface area contributed by atoms with E-state index in [4.69, 9.17) is 0 Å². The number of nitrogens with zero attached hydrogens (tertiary/aromatic N) is 5. The molecular formula is C11H15N5O. The average Bonchev–Trinajstić information content (AvgIpc) is 2.77. The normalized spacial score (nSPS) is 17.9. The van der Waals surface area contributed by atoms with Crippen LogP contribution in [0.1, 0.15) is 18.5 Å². The van der Waals surface area contributed by atoms with Crippen LogP contribution in [0.3, 0.4) is 0 Å². The Labute approximate surface area is 98.9 Å². The van der Waals surface area contributed by atoms with Crippen molar-refractivity contribution in [1.29, 1.82) is 0 Å². The van der Waals surface area contributed by atoms with Crippen LogP contribution in [0.4, 0.5) is 5.82 Å². The summed E-state index contributed by atoms with van der Waals surface area (Å²) in [7, 11) is 0. The fourth-order valence-electron chi connectivity index (χ4n) is 2.23. The third-order valence-corrected chi connectivity index (χ3v) is 3.15. The fraction of sp³-hybridized carbons (Fsp3) is 0.545. The van der Waals surface area contributed by atoms with E-state index in [-0.39, 0.29) is 6.10 Å². The molecule has 0 spiro atoms. The van der Waals surface area contributed by atoms with E-state index in [0.29, 0.717) is 5.78 Å². The molecule has 1 aliphatic heterocycles. The molecular weight excluding hydrogens is 218 g/mol. The minimum Gasteiger partial charge on any atom is -0.393 e. The maximum Gasteiger partial charge on any atom is 0.254 e. The van der Waals surface area contributed by atoms with E-state index in [1.54, 1.807) is 4.52 Å². The number of anilines is 1. The van der Waals surface area contributed by atoms with Crippen LogP contribution in [0.2, 0.25) is 0 Å². The quantitative estimate of drug-likeness (QED) is 0.772. The van der Waals surface area contributed by atoms with Gasteiger partial charge in [-0.15, -0.1) is 0 Å². The number of fused-ring (bicyclic) bond motifs is 1. The van der Waals surface area contributed by atoms with E-state index in [2.05, 4.69) is 20.0 Å². The largest absolute Gasteiger partial charge is 0.393 e. The second kappa shape index (κ2) is 3.96. The van der Waals surface area contributed by atoms with E-state index in [9.17, 15) is 5.11 Å². The first kappa shape index (κ1) is 10.5. The zero-order chi connectivity index (χ0) is 11.8. The smallest absolute Gasteiger partial charge is 0.254 e. The van der Waals surface area contributed by atoms with Gasteiger partial charge in [0.2, 0.25) is 0 Å². The Hall–Kier alpha value is -1.69.